The number of ether oxygens (including phenoxy) is 1. The Kier molecular flexibility index (Phi) is 7.05. The van der Waals surface area contributed by atoms with Crippen molar-refractivity contribution in [2.45, 2.75) is 65.1 Å². The van der Waals surface area contributed by atoms with E-state index in [2.05, 4.69) is 43.9 Å². The van der Waals surface area contributed by atoms with E-state index in [-0.39, 0.29) is 0 Å². The van der Waals surface area contributed by atoms with Crippen molar-refractivity contribution in [3.05, 3.63) is 41.9 Å². The molecule has 0 amide bonds. The first kappa shape index (κ1) is 23.3. The molecule has 174 valence electrons. The van der Waals surface area contributed by atoms with Gasteiger partial charge in [-0.1, -0.05) is 12.2 Å². The highest BCUT2D eigenvalue weighted by atomic mass is 32.1. The highest BCUT2D eigenvalue weighted by Crippen LogP contribution is 2.41. The lowest BCUT2D eigenvalue weighted by Gasteiger charge is -2.16. The number of anilines is 1. The van der Waals surface area contributed by atoms with Gasteiger partial charge in [-0.15, -0.1) is 11.3 Å². The highest BCUT2D eigenvalue weighted by molar-refractivity contribution is 7.22. The molecule has 0 aromatic carbocycles. The predicted octanol–water partition coefficient (Wildman–Crippen LogP) is 6.04. The zero-order valence-corrected chi connectivity index (χ0v) is 20.8. The van der Waals surface area contributed by atoms with Crippen LogP contribution in [0.4, 0.5) is 5.82 Å². The van der Waals surface area contributed by atoms with Gasteiger partial charge in [0, 0.05) is 25.4 Å². The van der Waals surface area contributed by atoms with Crippen LogP contribution in [-0.4, -0.2) is 45.7 Å². The molecular formula is C25H32N6OS. The minimum absolute atomic E-state index is 0.290. The number of hydrogen-bond acceptors (Lipinski definition) is 7. The van der Waals surface area contributed by atoms with Gasteiger partial charge in [-0.3, -0.25) is 9.67 Å². The summed E-state index contributed by atoms with van der Waals surface area (Å²) in [5, 5.41) is 9.54. The molecule has 4 rings (SSSR count). The van der Waals surface area contributed by atoms with Crippen LogP contribution in [0.3, 0.4) is 0 Å². The second-order valence-corrected chi connectivity index (χ2v) is 9.65. The molecular weight excluding hydrogens is 432 g/mol. The quantitative estimate of drug-likeness (QED) is 0.325. The zero-order chi connectivity index (χ0) is 23.5. The Morgan fingerprint density at radius 1 is 1.36 bits per heavy atom. The number of hydrogen-bond donors (Lipinski definition) is 1. The summed E-state index contributed by atoms with van der Waals surface area (Å²) in [6.07, 6.45) is 11.2. The Labute approximate surface area is 199 Å². The number of thiophene rings is 1. The van der Waals surface area contributed by atoms with Gasteiger partial charge in [0.2, 0.25) is 0 Å². The van der Waals surface area contributed by atoms with Gasteiger partial charge in [-0.25, -0.2) is 9.97 Å². The third-order valence-electron chi connectivity index (χ3n) is 6.06. The van der Waals surface area contributed by atoms with Crippen LogP contribution in [0, 0.1) is 6.92 Å². The fourth-order valence-electron chi connectivity index (χ4n) is 4.21. The van der Waals surface area contributed by atoms with Crippen LogP contribution < -0.4 is 5.32 Å². The number of nitrogens with zero attached hydrogens (tertiary/aromatic N) is 5. The topological polar surface area (TPSA) is 77.2 Å². The molecule has 3 aromatic heterocycles. The van der Waals surface area contributed by atoms with Crippen molar-refractivity contribution < 1.29 is 4.74 Å². The first-order valence-corrected chi connectivity index (χ1v) is 12.2. The molecule has 1 fully saturated rings. The van der Waals surface area contributed by atoms with Gasteiger partial charge < -0.3 is 10.1 Å². The third kappa shape index (κ3) is 4.77. The van der Waals surface area contributed by atoms with E-state index in [1.807, 2.05) is 36.0 Å². The summed E-state index contributed by atoms with van der Waals surface area (Å²) in [5.41, 5.74) is 2.75. The molecule has 3 aromatic rings. The van der Waals surface area contributed by atoms with E-state index in [4.69, 9.17) is 19.8 Å². The normalized spacial score (nSPS) is 19.3. The second-order valence-electron chi connectivity index (χ2n) is 8.65. The Morgan fingerprint density at radius 3 is 2.82 bits per heavy atom. The van der Waals surface area contributed by atoms with Crippen molar-refractivity contribution in [3.63, 3.8) is 0 Å². The van der Waals surface area contributed by atoms with E-state index in [0.29, 0.717) is 29.7 Å². The maximum absolute atomic E-state index is 5.58. The Bertz CT molecular complexity index is 1210. The first-order valence-electron chi connectivity index (χ1n) is 11.4. The van der Waals surface area contributed by atoms with Crippen molar-refractivity contribution in [1.82, 2.24) is 19.7 Å². The lowest BCUT2D eigenvalue weighted by Crippen LogP contribution is -2.18. The summed E-state index contributed by atoms with van der Waals surface area (Å²) < 4.78 is 7.56. The number of aliphatic imine (C=N–C) groups is 1. The Hall–Kier alpha value is -2.84. The molecule has 7 nitrogen and oxygen atoms in total. The number of allylic oxidation sites excluding steroid dienone is 3. The van der Waals surface area contributed by atoms with Crippen LogP contribution >= 0.6 is 11.3 Å². The predicted molar refractivity (Wildman–Crippen MR) is 138 cm³/mol. The van der Waals surface area contributed by atoms with Gasteiger partial charge in [0.05, 0.1) is 16.4 Å². The molecule has 0 radical (unpaired) electrons. The minimum Gasteiger partial charge on any atom is -0.381 e. The fourth-order valence-corrected chi connectivity index (χ4v) is 5.36. The number of nitrogens with one attached hydrogen (secondary N) is 1. The average Bonchev–Trinajstić information content (AvgIpc) is 3.53. The van der Waals surface area contributed by atoms with Crippen molar-refractivity contribution >= 4 is 39.8 Å². The molecule has 8 heteroatoms. The number of fused-ring (bicyclic) bond motifs is 1. The van der Waals surface area contributed by atoms with E-state index >= 15 is 0 Å². The lowest BCUT2D eigenvalue weighted by molar-refractivity contribution is 0.108. The number of rotatable bonds is 8. The highest BCUT2D eigenvalue weighted by Gasteiger charge is 2.27. The molecule has 0 unspecified atom stereocenters. The smallest absolute Gasteiger partial charge is 0.181 e. The van der Waals surface area contributed by atoms with E-state index in [1.165, 1.54) is 0 Å². The summed E-state index contributed by atoms with van der Waals surface area (Å²) >= 11 is 1.65. The van der Waals surface area contributed by atoms with Gasteiger partial charge in [0.15, 0.2) is 5.82 Å². The molecule has 0 aliphatic heterocycles. The monoisotopic (exact) mass is 464 g/mol. The Balaban J connectivity index is 1.84. The summed E-state index contributed by atoms with van der Waals surface area (Å²) in [7, 11) is 1.79. The summed E-state index contributed by atoms with van der Waals surface area (Å²) in [5.74, 6) is 1.41. The fraction of sp³-hybridized carbons (Fsp3) is 0.440. The minimum atomic E-state index is 0.290. The molecule has 1 aliphatic carbocycles. The number of aryl methyl sites for hydroxylation is 1. The molecule has 1 aliphatic rings. The maximum Gasteiger partial charge on any atom is 0.181 e. The third-order valence-corrected chi connectivity index (χ3v) is 7.27. The van der Waals surface area contributed by atoms with Crippen LogP contribution in [0.5, 0.6) is 0 Å². The van der Waals surface area contributed by atoms with Crippen molar-refractivity contribution in [2.24, 2.45) is 4.99 Å². The van der Waals surface area contributed by atoms with Gasteiger partial charge >= 0.3 is 0 Å². The number of aromatic nitrogens is 4. The van der Waals surface area contributed by atoms with Crippen LogP contribution in [0.1, 0.15) is 57.5 Å². The van der Waals surface area contributed by atoms with Gasteiger partial charge in [0.25, 0.3) is 0 Å². The SMILES string of the molecule is C=N/C(=C\C=C/C)c1nc(N[C@@H]2CC[C@H](OC)C2)c2c(C)c(-c3ccn(C(C)C)n3)sc2n1. The molecule has 0 bridgehead atoms. The zero-order valence-electron chi connectivity index (χ0n) is 20.0. The van der Waals surface area contributed by atoms with Gasteiger partial charge in [-0.05, 0) is 71.4 Å². The van der Waals surface area contributed by atoms with Crippen molar-refractivity contribution in [2.75, 3.05) is 12.4 Å². The van der Waals surface area contributed by atoms with Gasteiger partial charge in [0.1, 0.15) is 22.0 Å². The molecule has 0 saturated heterocycles. The Morgan fingerprint density at radius 2 is 2.18 bits per heavy atom. The van der Waals surface area contributed by atoms with E-state index in [0.717, 1.165) is 51.4 Å². The second kappa shape index (κ2) is 9.97. The lowest BCUT2D eigenvalue weighted by atomic mass is 10.1. The molecule has 1 saturated carbocycles. The van der Waals surface area contributed by atoms with Crippen molar-refractivity contribution in [3.8, 4) is 10.6 Å². The summed E-state index contributed by atoms with van der Waals surface area (Å²) in [6, 6.07) is 2.69. The van der Waals surface area contributed by atoms with Gasteiger partial charge in [-0.2, -0.15) is 5.10 Å². The summed E-state index contributed by atoms with van der Waals surface area (Å²) in [6.45, 7) is 12.1. The number of methoxy groups -OCH3 is 1. The molecule has 2 atom stereocenters. The summed E-state index contributed by atoms with van der Waals surface area (Å²) in [4.78, 5) is 16.0. The maximum atomic E-state index is 5.58. The van der Waals surface area contributed by atoms with E-state index in [1.54, 1.807) is 18.4 Å². The standard InChI is InChI=1S/C25H32N6OS/c1-7-8-9-20(26-5)23-28-24(27-17-10-11-18(14-17)32-6)21-16(4)22(33-25(21)29-23)19-12-13-31(30-19)15(2)3/h7-9,12-13,15,17-18H,5,10-11,14H2,1-4,6H3,(H,27,28,29)/b8-7-,20-9-/t17-,18+/m1/s1. The van der Waals surface area contributed by atoms with E-state index in [9.17, 15) is 0 Å². The van der Waals surface area contributed by atoms with Crippen LogP contribution in [0.25, 0.3) is 26.5 Å². The molecule has 1 N–H and O–H groups in total. The molecule has 0 spiro atoms. The molecule has 33 heavy (non-hydrogen) atoms. The van der Waals surface area contributed by atoms with Crippen LogP contribution in [0.15, 0.2) is 35.5 Å². The van der Waals surface area contributed by atoms with Crippen molar-refractivity contribution in [1.29, 1.82) is 0 Å². The largest absolute Gasteiger partial charge is 0.381 e. The van der Waals surface area contributed by atoms with Crippen LogP contribution in [0.2, 0.25) is 0 Å². The van der Waals surface area contributed by atoms with E-state index < -0.39 is 0 Å². The van der Waals surface area contributed by atoms with Crippen LogP contribution in [-0.2, 0) is 4.74 Å². The first-order chi connectivity index (χ1) is 15.9. The average molecular weight is 465 g/mol. The molecule has 3 heterocycles.